The number of cyclic esters (lactones) is 4. The molecule has 2 heterocycles. The Balaban J connectivity index is 1.78. The molecular formula is C14H20N3O8+. The summed E-state index contributed by atoms with van der Waals surface area (Å²) in [7, 11) is 0. The first-order chi connectivity index (χ1) is 11.8. The molecule has 138 valence electrons. The topological polar surface area (TPSA) is 139 Å². The highest BCUT2D eigenvalue weighted by Crippen LogP contribution is 2.12. The third-order valence-electron chi connectivity index (χ3n) is 3.93. The molecule has 0 atom stereocenters. The summed E-state index contributed by atoms with van der Waals surface area (Å²) in [6.07, 6.45) is 0. The summed E-state index contributed by atoms with van der Waals surface area (Å²) in [5.41, 5.74) is 0. The maximum absolute atomic E-state index is 11.5. The highest BCUT2D eigenvalue weighted by atomic mass is 16.6. The average Bonchev–Trinajstić information content (AvgIpc) is 2.43. The van der Waals surface area contributed by atoms with Crippen molar-refractivity contribution in [2.45, 2.75) is 0 Å². The van der Waals surface area contributed by atoms with Crippen LogP contribution in [0.15, 0.2) is 0 Å². The fourth-order valence-corrected chi connectivity index (χ4v) is 2.88. The minimum atomic E-state index is -1.10. The van der Waals surface area contributed by atoms with Gasteiger partial charge in [0, 0.05) is 19.6 Å². The number of nitrogens with one attached hydrogen (secondary N) is 1. The quantitative estimate of drug-likeness (QED) is 0.199. The number of rotatable bonds is 8. The lowest BCUT2D eigenvalue weighted by Gasteiger charge is -2.37. The van der Waals surface area contributed by atoms with E-state index in [-0.39, 0.29) is 43.8 Å². The van der Waals surface area contributed by atoms with Crippen molar-refractivity contribution in [3.8, 4) is 0 Å². The number of nitrogens with zero attached hydrogens (tertiary/aromatic N) is 2. The number of carboxylic acid groups (broad SMARTS) is 1. The summed E-state index contributed by atoms with van der Waals surface area (Å²) < 4.78 is 8.68. The summed E-state index contributed by atoms with van der Waals surface area (Å²) in [4.78, 5) is 57.9. The van der Waals surface area contributed by atoms with E-state index in [1.165, 1.54) is 0 Å². The van der Waals surface area contributed by atoms with Crippen LogP contribution in [0.5, 0.6) is 0 Å². The molecule has 0 radical (unpaired) electrons. The van der Waals surface area contributed by atoms with Gasteiger partial charge in [-0.05, 0) is 0 Å². The molecule has 11 nitrogen and oxygen atoms in total. The number of hydrogen-bond donors (Lipinski definition) is 2. The molecule has 0 aliphatic carbocycles. The smallest absolute Gasteiger partial charge is 0.369 e. The van der Waals surface area contributed by atoms with E-state index >= 15 is 0 Å². The van der Waals surface area contributed by atoms with Crippen LogP contribution in [-0.2, 0) is 33.4 Å². The molecule has 0 spiro atoms. The maximum Gasteiger partial charge on any atom is 0.369 e. The minimum absolute atomic E-state index is 0.0345. The predicted octanol–water partition coefficient (Wildman–Crippen LogP) is -3.05. The van der Waals surface area contributed by atoms with Crippen molar-refractivity contribution in [2.24, 2.45) is 0 Å². The van der Waals surface area contributed by atoms with Crippen LogP contribution in [0.4, 0.5) is 0 Å². The number of carboxylic acids is 1. The van der Waals surface area contributed by atoms with Crippen LogP contribution in [0.2, 0.25) is 0 Å². The monoisotopic (exact) mass is 358 g/mol. The first kappa shape index (κ1) is 19.0. The standard InChI is InChI=1S/C14H19N3O8/c18-10(19)7-17(8-13(22)25-14(23)9-17)4-2-15-1-3-16-5-11(20)24-12(21)6-16/h15H,1-9H2/p+1. The average molecular weight is 358 g/mol. The van der Waals surface area contributed by atoms with Crippen LogP contribution in [0, 0.1) is 0 Å². The zero-order valence-corrected chi connectivity index (χ0v) is 13.6. The molecule has 0 saturated carbocycles. The third-order valence-corrected chi connectivity index (χ3v) is 3.93. The van der Waals surface area contributed by atoms with Gasteiger partial charge in [0.2, 0.25) is 0 Å². The van der Waals surface area contributed by atoms with E-state index in [1.807, 2.05) is 0 Å². The summed E-state index contributed by atoms with van der Waals surface area (Å²) in [5.74, 6) is -3.75. The SMILES string of the molecule is O=C(O)C[N+]1(CCNCCN2CC(=O)OC(=O)C2)CC(=O)OC(=O)C1. The molecule has 25 heavy (non-hydrogen) atoms. The highest BCUT2D eigenvalue weighted by molar-refractivity contribution is 5.90. The molecule has 2 N–H and O–H groups in total. The molecule has 0 aromatic heterocycles. The zero-order chi connectivity index (χ0) is 18.4. The molecule has 2 fully saturated rings. The van der Waals surface area contributed by atoms with Gasteiger partial charge in [0.1, 0.15) is 0 Å². The van der Waals surface area contributed by atoms with Crippen LogP contribution >= 0.6 is 0 Å². The lowest BCUT2D eigenvalue weighted by atomic mass is 10.2. The van der Waals surface area contributed by atoms with Gasteiger partial charge in [-0.25, -0.2) is 14.4 Å². The summed E-state index contributed by atoms with van der Waals surface area (Å²) in [6.45, 7) is 0.869. The van der Waals surface area contributed by atoms with Crippen LogP contribution in [0.25, 0.3) is 0 Å². The van der Waals surface area contributed by atoms with E-state index in [4.69, 9.17) is 5.11 Å². The van der Waals surface area contributed by atoms with Crippen molar-refractivity contribution in [1.82, 2.24) is 10.2 Å². The van der Waals surface area contributed by atoms with Crippen LogP contribution < -0.4 is 5.32 Å². The van der Waals surface area contributed by atoms with Crippen LogP contribution in [0.1, 0.15) is 0 Å². The Kier molecular flexibility index (Phi) is 6.17. The Labute approximate surface area is 143 Å². The molecule has 2 aliphatic heterocycles. The van der Waals surface area contributed by atoms with Gasteiger partial charge >= 0.3 is 29.8 Å². The largest absolute Gasteiger partial charge is 0.477 e. The first-order valence-corrected chi connectivity index (χ1v) is 7.75. The molecule has 0 unspecified atom stereocenters. The predicted molar refractivity (Wildman–Crippen MR) is 78.9 cm³/mol. The number of morpholine rings is 2. The van der Waals surface area contributed by atoms with Gasteiger partial charge in [0.15, 0.2) is 19.6 Å². The molecule has 2 saturated heterocycles. The van der Waals surface area contributed by atoms with Gasteiger partial charge in [0.05, 0.1) is 19.6 Å². The summed E-state index contributed by atoms with van der Waals surface area (Å²) >= 11 is 0. The van der Waals surface area contributed by atoms with Gasteiger partial charge in [-0.2, -0.15) is 0 Å². The summed E-state index contributed by atoms with van der Waals surface area (Å²) in [5, 5.41) is 12.1. The minimum Gasteiger partial charge on any atom is -0.477 e. The lowest BCUT2D eigenvalue weighted by Crippen LogP contribution is -2.62. The van der Waals surface area contributed by atoms with E-state index in [2.05, 4.69) is 14.8 Å². The van der Waals surface area contributed by atoms with E-state index in [0.29, 0.717) is 19.6 Å². The van der Waals surface area contributed by atoms with E-state index in [0.717, 1.165) is 0 Å². The fraction of sp³-hybridized carbons (Fsp3) is 0.643. The molecule has 11 heteroatoms. The first-order valence-electron chi connectivity index (χ1n) is 7.75. The van der Waals surface area contributed by atoms with Crippen molar-refractivity contribution in [3.63, 3.8) is 0 Å². The lowest BCUT2D eigenvalue weighted by molar-refractivity contribution is -0.908. The Morgan fingerprint density at radius 1 is 1.00 bits per heavy atom. The number of aliphatic carboxylic acids is 1. The van der Waals surface area contributed by atoms with Crippen LogP contribution in [-0.4, -0.2) is 103 Å². The number of esters is 4. The van der Waals surface area contributed by atoms with E-state index < -0.39 is 29.8 Å². The normalized spacial score (nSPS) is 21.0. The van der Waals surface area contributed by atoms with Crippen molar-refractivity contribution < 1.29 is 43.0 Å². The maximum atomic E-state index is 11.5. The van der Waals surface area contributed by atoms with Gasteiger partial charge in [0.25, 0.3) is 0 Å². The van der Waals surface area contributed by atoms with Crippen molar-refractivity contribution in [1.29, 1.82) is 0 Å². The second-order valence-electron chi connectivity index (χ2n) is 6.09. The van der Waals surface area contributed by atoms with Crippen molar-refractivity contribution >= 4 is 29.8 Å². The van der Waals surface area contributed by atoms with Gasteiger partial charge in [-0.15, -0.1) is 0 Å². The number of carbonyl (C=O) groups is 5. The Hall–Kier alpha value is -2.37. The van der Waals surface area contributed by atoms with Crippen LogP contribution in [0.3, 0.4) is 0 Å². The molecule has 0 amide bonds. The molecular weight excluding hydrogens is 338 g/mol. The second kappa shape index (κ2) is 8.14. The molecule has 0 bridgehead atoms. The molecule has 0 aromatic carbocycles. The second-order valence-corrected chi connectivity index (χ2v) is 6.09. The zero-order valence-electron chi connectivity index (χ0n) is 13.6. The molecule has 2 rings (SSSR count). The molecule has 2 aliphatic rings. The van der Waals surface area contributed by atoms with Gasteiger partial charge in [-0.1, -0.05) is 0 Å². The Morgan fingerprint density at radius 3 is 2.12 bits per heavy atom. The van der Waals surface area contributed by atoms with Crippen molar-refractivity contribution in [3.05, 3.63) is 0 Å². The van der Waals surface area contributed by atoms with Gasteiger partial charge < -0.3 is 19.9 Å². The van der Waals surface area contributed by atoms with Gasteiger partial charge in [-0.3, -0.25) is 19.0 Å². The number of hydrogen-bond acceptors (Lipinski definition) is 9. The Bertz CT molecular complexity index is 553. The summed E-state index contributed by atoms with van der Waals surface area (Å²) in [6, 6.07) is 0. The Morgan fingerprint density at radius 2 is 1.56 bits per heavy atom. The number of ether oxygens (including phenoxy) is 2. The molecule has 0 aromatic rings. The third kappa shape index (κ3) is 5.89. The number of quaternary nitrogens is 1. The van der Waals surface area contributed by atoms with Crippen molar-refractivity contribution in [2.75, 3.05) is 58.9 Å². The number of carbonyl (C=O) groups excluding carboxylic acids is 4. The highest BCUT2D eigenvalue weighted by Gasteiger charge is 2.41. The van der Waals surface area contributed by atoms with E-state index in [9.17, 15) is 24.0 Å². The van der Waals surface area contributed by atoms with E-state index in [1.54, 1.807) is 4.90 Å². The fourth-order valence-electron chi connectivity index (χ4n) is 2.88.